The van der Waals surface area contributed by atoms with Gasteiger partial charge in [-0.2, -0.15) is 0 Å². The van der Waals surface area contributed by atoms with Crippen molar-refractivity contribution in [2.45, 2.75) is 58.1 Å². The first kappa shape index (κ1) is 14.7. The summed E-state index contributed by atoms with van der Waals surface area (Å²) >= 11 is 0. The summed E-state index contributed by atoms with van der Waals surface area (Å²) in [5.74, 6) is 0.109. The predicted molar refractivity (Wildman–Crippen MR) is 70.4 cm³/mol. The number of rotatable bonds is 4. The van der Waals surface area contributed by atoms with Crippen LogP contribution >= 0.6 is 0 Å². The summed E-state index contributed by atoms with van der Waals surface area (Å²) in [6.45, 7) is 9.70. The first-order chi connectivity index (χ1) is 8.35. The molecule has 0 spiro atoms. The lowest BCUT2D eigenvalue weighted by Gasteiger charge is -2.27. The molecule has 1 aliphatic heterocycles. The maximum Gasteiger partial charge on any atom is 0.410 e. The van der Waals surface area contributed by atoms with Crippen LogP contribution in [0.4, 0.5) is 4.79 Å². The normalized spacial score (nSPS) is 19.7. The van der Waals surface area contributed by atoms with Gasteiger partial charge in [0.25, 0.3) is 0 Å². The molecule has 18 heavy (non-hydrogen) atoms. The highest BCUT2D eigenvalue weighted by atomic mass is 16.6. The van der Waals surface area contributed by atoms with Crippen molar-refractivity contribution in [3.8, 4) is 0 Å². The zero-order valence-corrected chi connectivity index (χ0v) is 11.6. The van der Waals surface area contributed by atoms with E-state index in [2.05, 4.69) is 6.58 Å². The Labute approximate surface area is 109 Å². The third kappa shape index (κ3) is 4.17. The van der Waals surface area contributed by atoms with E-state index in [9.17, 15) is 9.59 Å². The second-order valence-electron chi connectivity index (χ2n) is 5.63. The van der Waals surface area contributed by atoms with Gasteiger partial charge in [-0.1, -0.05) is 6.08 Å². The molecule has 0 bridgehead atoms. The molecular formula is C14H23NO3. The standard InChI is InChI=1S/C14H23NO3/c1-5-6-9-12(16)11-8-7-10-15(11)13(17)18-14(2,3)4/h5,11H,1,6-10H2,2-4H3/t11-/m1/s1. The van der Waals surface area contributed by atoms with Crippen molar-refractivity contribution in [2.24, 2.45) is 0 Å². The fourth-order valence-corrected chi connectivity index (χ4v) is 2.05. The SMILES string of the molecule is C=CCCC(=O)[C@H]1CCCN1C(=O)OC(C)(C)C. The Hall–Kier alpha value is -1.32. The van der Waals surface area contributed by atoms with Crippen LogP contribution in [-0.4, -0.2) is 35.0 Å². The number of ketones is 1. The number of allylic oxidation sites excluding steroid dienone is 1. The second-order valence-corrected chi connectivity index (χ2v) is 5.63. The van der Waals surface area contributed by atoms with Crippen LogP contribution in [0.1, 0.15) is 46.5 Å². The number of amides is 1. The number of Topliss-reactive ketones (excluding diaryl/α,β-unsaturated/α-hetero) is 1. The summed E-state index contributed by atoms with van der Waals surface area (Å²) in [5.41, 5.74) is -0.519. The van der Waals surface area contributed by atoms with E-state index in [0.717, 1.165) is 12.8 Å². The monoisotopic (exact) mass is 253 g/mol. The molecule has 0 aliphatic carbocycles. The average Bonchev–Trinajstić information content (AvgIpc) is 2.72. The quantitative estimate of drug-likeness (QED) is 0.724. The molecular weight excluding hydrogens is 230 g/mol. The predicted octanol–water partition coefficient (Wildman–Crippen LogP) is 2.92. The van der Waals surface area contributed by atoms with Crippen molar-refractivity contribution >= 4 is 11.9 Å². The molecule has 1 saturated heterocycles. The Kier molecular flexibility index (Phi) is 4.93. The lowest BCUT2D eigenvalue weighted by molar-refractivity contribution is -0.123. The van der Waals surface area contributed by atoms with E-state index in [4.69, 9.17) is 4.74 Å². The summed E-state index contributed by atoms with van der Waals surface area (Å²) < 4.78 is 5.32. The van der Waals surface area contributed by atoms with E-state index in [0.29, 0.717) is 19.4 Å². The van der Waals surface area contributed by atoms with Crippen LogP contribution < -0.4 is 0 Å². The molecule has 1 aliphatic rings. The van der Waals surface area contributed by atoms with Gasteiger partial charge in [-0.15, -0.1) is 6.58 Å². The number of likely N-dealkylation sites (tertiary alicyclic amines) is 1. The molecule has 0 aromatic carbocycles. The molecule has 1 rings (SSSR count). The van der Waals surface area contributed by atoms with Crippen molar-refractivity contribution < 1.29 is 14.3 Å². The van der Waals surface area contributed by atoms with Gasteiger partial charge < -0.3 is 4.74 Å². The third-order valence-electron chi connectivity index (χ3n) is 2.85. The van der Waals surface area contributed by atoms with Crippen molar-refractivity contribution in [1.29, 1.82) is 0 Å². The van der Waals surface area contributed by atoms with E-state index in [1.165, 1.54) is 0 Å². The minimum atomic E-state index is -0.519. The summed E-state index contributed by atoms with van der Waals surface area (Å²) in [7, 11) is 0. The maximum absolute atomic E-state index is 12.0. The highest BCUT2D eigenvalue weighted by Gasteiger charge is 2.35. The minimum absolute atomic E-state index is 0.109. The molecule has 0 unspecified atom stereocenters. The molecule has 0 aromatic heterocycles. The lowest BCUT2D eigenvalue weighted by Crippen LogP contribution is -2.43. The Morgan fingerprint density at radius 2 is 2.11 bits per heavy atom. The average molecular weight is 253 g/mol. The van der Waals surface area contributed by atoms with Crippen LogP contribution in [0.3, 0.4) is 0 Å². The molecule has 0 aromatic rings. The fraction of sp³-hybridized carbons (Fsp3) is 0.714. The Balaban J connectivity index is 2.61. The third-order valence-corrected chi connectivity index (χ3v) is 2.85. The Morgan fingerprint density at radius 3 is 2.67 bits per heavy atom. The van der Waals surface area contributed by atoms with Gasteiger partial charge in [-0.25, -0.2) is 4.79 Å². The van der Waals surface area contributed by atoms with Gasteiger partial charge in [0.2, 0.25) is 0 Å². The zero-order valence-electron chi connectivity index (χ0n) is 11.6. The first-order valence-electron chi connectivity index (χ1n) is 6.48. The number of nitrogens with zero attached hydrogens (tertiary/aromatic N) is 1. The van der Waals surface area contributed by atoms with Gasteiger partial charge in [0.15, 0.2) is 5.78 Å². The number of hydrogen-bond acceptors (Lipinski definition) is 3. The maximum atomic E-state index is 12.0. The molecule has 102 valence electrons. The van der Waals surface area contributed by atoms with E-state index >= 15 is 0 Å². The largest absolute Gasteiger partial charge is 0.444 e. The van der Waals surface area contributed by atoms with Gasteiger partial charge in [-0.3, -0.25) is 9.69 Å². The number of hydrogen-bond donors (Lipinski definition) is 0. The van der Waals surface area contributed by atoms with Crippen LogP contribution in [0.25, 0.3) is 0 Å². The van der Waals surface area contributed by atoms with Crippen molar-refractivity contribution in [1.82, 2.24) is 4.90 Å². The first-order valence-corrected chi connectivity index (χ1v) is 6.48. The van der Waals surface area contributed by atoms with Gasteiger partial charge in [0, 0.05) is 13.0 Å². The minimum Gasteiger partial charge on any atom is -0.444 e. The van der Waals surface area contributed by atoms with Crippen molar-refractivity contribution in [3.05, 3.63) is 12.7 Å². The molecule has 0 N–H and O–H groups in total. The van der Waals surface area contributed by atoms with Crippen LogP contribution in [0.15, 0.2) is 12.7 Å². The number of carbonyl (C=O) groups is 2. The lowest BCUT2D eigenvalue weighted by atomic mass is 10.1. The fourth-order valence-electron chi connectivity index (χ4n) is 2.05. The van der Waals surface area contributed by atoms with Crippen LogP contribution in [0, 0.1) is 0 Å². The highest BCUT2D eigenvalue weighted by Crippen LogP contribution is 2.22. The van der Waals surface area contributed by atoms with Crippen molar-refractivity contribution in [2.75, 3.05) is 6.54 Å². The van der Waals surface area contributed by atoms with E-state index < -0.39 is 5.60 Å². The van der Waals surface area contributed by atoms with Gasteiger partial charge in [-0.05, 0) is 40.0 Å². The smallest absolute Gasteiger partial charge is 0.410 e. The van der Waals surface area contributed by atoms with Crippen LogP contribution in [0.5, 0.6) is 0 Å². The molecule has 0 saturated carbocycles. The highest BCUT2D eigenvalue weighted by molar-refractivity contribution is 5.88. The molecule has 4 nitrogen and oxygen atoms in total. The van der Waals surface area contributed by atoms with Gasteiger partial charge in [0.05, 0.1) is 6.04 Å². The van der Waals surface area contributed by atoms with E-state index in [1.807, 2.05) is 20.8 Å². The number of ether oxygens (including phenoxy) is 1. The second kappa shape index (κ2) is 6.03. The van der Waals surface area contributed by atoms with Gasteiger partial charge >= 0.3 is 6.09 Å². The molecule has 1 heterocycles. The summed E-state index contributed by atoms with van der Waals surface area (Å²) in [6, 6.07) is -0.306. The van der Waals surface area contributed by atoms with Gasteiger partial charge in [0.1, 0.15) is 5.60 Å². The van der Waals surface area contributed by atoms with Crippen LogP contribution in [0.2, 0.25) is 0 Å². The Bertz CT molecular complexity index is 330. The molecule has 1 amide bonds. The zero-order chi connectivity index (χ0) is 13.8. The topological polar surface area (TPSA) is 46.6 Å². The summed E-state index contributed by atoms with van der Waals surface area (Å²) in [6.07, 6.45) is 4.08. The Morgan fingerprint density at radius 1 is 1.44 bits per heavy atom. The van der Waals surface area contributed by atoms with Crippen molar-refractivity contribution in [3.63, 3.8) is 0 Å². The molecule has 0 radical (unpaired) electrons. The summed E-state index contributed by atoms with van der Waals surface area (Å²) in [4.78, 5) is 25.5. The van der Waals surface area contributed by atoms with Crippen LogP contribution in [-0.2, 0) is 9.53 Å². The number of carbonyl (C=O) groups excluding carboxylic acids is 2. The summed E-state index contributed by atoms with van der Waals surface area (Å²) in [5, 5.41) is 0. The van der Waals surface area contributed by atoms with E-state index in [-0.39, 0.29) is 17.9 Å². The van der Waals surface area contributed by atoms with E-state index in [1.54, 1.807) is 11.0 Å². The molecule has 1 fully saturated rings. The molecule has 1 atom stereocenters. The molecule has 4 heteroatoms.